The van der Waals surface area contributed by atoms with Crippen LogP contribution >= 0.6 is 46.4 Å². The summed E-state index contributed by atoms with van der Waals surface area (Å²) in [5, 5.41) is 38.9. The van der Waals surface area contributed by atoms with E-state index in [2.05, 4.69) is 41.7 Å². The molecule has 0 aliphatic carbocycles. The van der Waals surface area contributed by atoms with E-state index in [0.29, 0.717) is 57.9 Å². The van der Waals surface area contributed by atoms with Gasteiger partial charge in [0.1, 0.15) is 0 Å². The Bertz CT molecular complexity index is 2420. The molecule has 4 atom stereocenters. The van der Waals surface area contributed by atoms with Gasteiger partial charge in [0.25, 0.3) is 11.8 Å². The van der Waals surface area contributed by atoms with Crippen LogP contribution in [-0.4, -0.2) is 189 Å². The second-order valence-corrected chi connectivity index (χ2v) is 20.3. The van der Waals surface area contributed by atoms with E-state index in [0.717, 1.165) is 59.6 Å². The molecular formula is C54H70Cl4N8O12. The number of carbonyl (C=O) groups excluding carboxylic acids is 4. The van der Waals surface area contributed by atoms with Crippen molar-refractivity contribution in [3.8, 4) is 0 Å². The molecule has 0 bridgehead atoms. The van der Waals surface area contributed by atoms with Crippen molar-refractivity contribution in [1.82, 2.24) is 31.1 Å². The lowest BCUT2D eigenvalue weighted by molar-refractivity contribution is -0.146. The van der Waals surface area contributed by atoms with Crippen molar-refractivity contribution in [2.45, 2.75) is 37.1 Å². The maximum Gasteiger partial charge on any atom is 0.319 e. The summed E-state index contributed by atoms with van der Waals surface area (Å²) in [4.78, 5) is 54.1. The summed E-state index contributed by atoms with van der Waals surface area (Å²) in [6.07, 6.45) is -3.99. The standard InChI is InChI=1S/C54H70Cl4N8O12/c1-65-31-43(41-27-37(55)29-47(57)45(41)33-65)35-5-3-7-39(25-35)63-53(71)61-11-15-75-19-23-77-21-17-73-13-9-59-51(69)49(67)50(68)52(70)60-10-14-74-18-22-78-24-20-76-16-12-62-54(72)64-40-8-4-6-36(26-40)44-32-66(2)34-46-42(44)28-38(56)30-48(46)58/h3-8,25-30,43-44,49-50,67-68H,9-24,31-34H2,1-2H3,(H,59,69)(H,60,70)(H2,61,63,71)(H2,62,64,72). The monoisotopic (exact) mass is 1160 g/mol. The van der Waals surface area contributed by atoms with Crippen LogP contribution in [-0.2, 0) is 51.1 Å². The fourth-order valence-corrected chi connectivity index (χ4v) is 9.96. The normalized spacial score (nSPS) is 16.1. The number of anilines is 2. The van der Waals surface area contributed by atoms with Crippen LogP contribution in [0.4, 0.5) is 21.0 Å². The summed E-state index contributed by atoms with van der Waals surface area (Å²) in [5.41, 5.74) is 7.67. The molecule has 0 saturated heterocycles. The molecule has 2 heterocycles. The Morgan fingerprint density at radius 1 is 0.500 bits per heavy atom. The van der Waals surface area contributed by atoms with Gasteiger partial charge in [0.15, 0.2) is 12.2 Å². The van der Waals surface area contributed by atoms with E-state index in [4.69, 9.17) is 74.8 Å². The van der Waals surface area contributed by atoms with E-state index < -0.39 is 24.0 Å². The number of fused-ring (bicyclic) bond motifs is 2. The first kappa shape index (κ1) is 62.3. The number of rotatable bonds is 31. The maximum atomic E-state index is 12.6. The molecule has 78 heavy (non-hydrogen) atoms. The van der Waals surface area contributed by atoms with Gasteiger partial charge in [0, 0.05) is 95.7 Å². The summed E-state index contributed by atoms with van der Waals surface area (Å²) in [6.45, 7) is 6.58. The van der Waals surface area contributed by atoms with Crippen LogP contribution in [0.15, 0.2) is 72.8 Å². The number of ether oxygens (including phenoxy) is 6. The van der Waals surface area contributed by atoms with E-state index in [1.165, 1.54) is 0 Å². The van der Waals surface area contributed by atoms with Crippen molar-refractivity contribution in [2.75, 3.05) is 143 Å². The molecule has 4 unspecified atom stereocenters. The number of nitrogens with zero attached hydrogens (tertiary/aromatic N) is 2. The summed E-state index contributed by atoms with van der Waals surface area (Å²) < 4.78 is 32.9. The lowest BCUT2D eigenvalue weighted by Crippen LogP contribution is -2.50. The minimum atomic E-state index is -1.99. The van der Waals surface area contributed by atoms with Gasteiger partial charge in [-0.15, -0.1) is 0 Å². The maximum absolute atomic E-state index is 12.6. The number of amides is 6. The second-order valence-electron chi connectivity index (χ2n) is 18.6. The number of aliphatic hydroxyl groups is 2. The molecule has 6 rings (SSSR count). The highest BCUT2D eigenvalue weighted by Gasteiger charge is 2.31. The lowest BCUT2D eigenvalue weighted by atomic mass is 9.84. The Balaban J connectivity index is 0.689. The highest BCUT2D eigenvalue weighted by Crippen LogP contribution is 2.40. The van der Waals surface area contributed by atoms with Crippen LogP contribution in [0.3, 0.4) is 0 Å². The van der Waals surface area contributed by atoms with E-state index in [1.54, 1.807) is 12.1 Å². The number of carbonyl (C=O) groups is 4. The van der Waals surface area contributed by atoms with Crippen molar-refractivity contribution >= 4 is 81.7 Å². The molecule has 0 fully saturated rings. The SMILES string of the molecule is CN1Cc2c(Cl)cc(Cl)cc2C(c2cccc(NC(=O)NCCOCCOCCOCCNC(=O)C(O)C(O)C(=O)NCCOCCOCCOCCNC(=O)Nc3cccc(C4CN(C)Cc5c(Cl)cc(Cl)cc54)c3)c2)C1. The molecule has 6 amide bonds. The van der Waals surface area contributed by atoms with Crippen molar-refractivity contribution in [3.05, 3.63) is 126 Å². The number of nitrogens with one attached hydrogen (secondary N) is 6. The third-order valence-electron chi connectivity index (χ3n) is 12.6. The molecule has 0 radical (unpaired) electrons. The van der Waals surface area contributed by atoms with Gasteiger partial charge in [-0.2, -0.15) is 0 Å². The van der Waals surface area contributed by atoms with Crippen LogP contribution < -0.4 is 31.9 Å². The molecule has 0 aromatic heterocycles. The van der Waals surface area contributed by atoms with E-state index in [-0.39, 0.29) is 103 Å². The summed E-state index contributed by atoms with van der Waals surface area (Å²) in [5.74, 6) is -1.79. The van der Waals surface area contributed by atoms with E-state index >= 15 is 0 Å². The van der Waals surface area contributed by atoms with Crippen molar-refractivity contribution in [1.29, 1.82) is 0 Å². The number of urea groups is 2. The fourth-order valence-electron chi connectivity index (χ4n) is 8.82. The predicted molar refractivity (Wildman–Crippen MR) is 299 cm³/mol. The molecule has 4 aromatic rings. The van der Waals surface area contributed by atoms with Gasteiger partial charge in [-0.1, -0.05) is 70.7 Å². The minimum Gasteiger partial charge on any atom is -0.380 e. The smallest absolute Gasteiger partial charge is 0.319 e. The van der Waals surface area contributed by atoms with E-state index in [9.17, 15) is 29.4 Å². The zero-order chi connectivity index (χ0) is 55.8. The van der Waals surface area contributed by atoms with Crippen molar-refractivity contribution < 1.29 is 57.8 Å². The first-order chi connectivity index (χ1) is 37.7. The Morgan fingerprint density at radius 2 is 0.833 bits per heavy atom. The number of benzene rings is 4. The van der Waals surface area contributed by atoms with Gasteiger partial charge < -0.3 is 80.3 Å². The van der Waals surface area contributed by atoms with Crippen molar-refractivity contribution in [2.24, 2.45) is 0 Å². The Morgan fingerprint density at radius 3 is 1.19 bits per heavy atom. The fraction of sp³-hybridized carbons (Fsp3) is 0.481. The summed E-state index contributed by atoms with van der Waals surface area (Å²) in [6, 6.07) is 22.2. The predicted octanol–water partition coefficient (Wildman–Crippen LogP) is 5.45. The van der Waals surface area contributed by atoms with Crippen LogP contribution in [0.1, 0.15) is 45.2 Å². The molecule has 20 nitrogen and oxygen atoms in total. The lowest BCUT2D eigenvalue weighted by Gasteiger charge is -2.33. The molecule has 2 aliphatic heterocycles. The third kappa shape index (κ3) is 20.3. The minimum absolute atomic E-state index is 0.0227. The van der Waals surface area contributed by atoms with Crippen LogP contribution in [0.5, 0.6) is 0 Å². The molecule has 0 spiro atoms. The summed E-state index contributed by atoms with van der Waals surface area (Å²) >= 11 is 25.8. The quantitative estimate of drug-likeness (QED) is 0.0293. The zero-order valence-corrected chi connectivity index (χ0v) is 46.8. The zero-order valence-electron chi connectivity index (χ0n) is 43.8. The largest absolute Gasteiger partial charge is 0.380 e. The number of halogens is 4. The highest BCUT2D eigenvalue weighted by atomic mass is 35.5. The first-order valence-electron chi connectivity index (χ1n) is 25.7. The third-order valence-corrected chi connectivity index (χ3v) is 13.7. The molecule has 4 aromatic carbocycles. The van der Waals surface area contributed by atoms with Crippen LogP contribution in [0.25, 0.3) is 0 Å². The average Bonchev–Trinajstić information content (AvgIpc) is 3.43. The van der Waals surface area contributed by atoms with Gasteiger partial charge in [0.2, 0.25) is 0 Å². The number of hydrogen-bond donors (Lipinski definition) is 8. The van der Waals surface area contributed by atoms with Gasteiger partial charge in [0.05, 0.1) is 79.3 Å². The van der Waals surface area contributed by atoms with Crippen LogP contribution in [0, 0.1) is 0 Å². The van der Waals surface area contributed by atoms with Gasteiger partial charge >= 0.3 is 12.1 Å². The van der Waals surface area contributed by atoms with E-state index in [1.807, 2.05) is 74.8 Å². The Kier molecular flexibility index (Phi) is 26.4. The van der Waals surface area contributed by atoms with Gasteiger partial charge in [-0.3, -0.25) is 9.59 Å². The highest BCUT2D eigenvalue weighted by molar-refractivity contribution is 6.35. The molecule has 24 heteroatoms. The molecular weight excluding hydrogens is 1090 g/mol. The van der Waals surface area contributed by atoms with Crippen molar-refractivity contribution in [3.63, 3.8) is 0 Å². The summed E-state index contributed by atoms with van der Waals surface area (Å²) in [7, 11) is 4.09. The Hall–Kier alpha value is -4.88. The molecule has 0 saturated carbocycles. The molecule has 8 N–H and O–H groups in total. The number of aliphatic hydroxyl groups excluding tert-OH is 2. The second kappa shape index (κ2) is 33.0. The topological polar surface area (TPSA) is 243 Å². The number of hydrogen-bond acceptors (Lipinski definition) is 14. The number of likely N-dealkylation sites (N-methyl/N-ethyl adjacent to an activating group) is 2. The van der Waals surface area contributed by atoms with Gasteiger partial charge in [-0.25, -0.2) is 9.59 Å². The molecule has 426 valence electrons. The average molecular weight is 1170 g/mol. The van der Waals surface area contributed by atoms with Crippen LogP contribution in [0.2, 0.25) is 20.1 Å². The molecule has 2 aliphatic rings. The Labute approximate surface area is 474 Å². The first-order valence-corrected chi connectivity index (χ1v) is 27.2. The van der Waals surface area contributed by atoms with Gasteiger partial charge in [-0.05, 0) is 96.0 Å².